The van der Waals surface area contributed by atoms with Crippen molar-refractivity contribution in [1.82, 2.24) is 20.0 Å². The van der Waals surface area contributed by atoms with Crippen molar-refractivity contribution < 1.29 is 4.79 Å². The number of benzene rings is 2. The zero-order valence-electron chi connectivity index (χ0n) is 18.5. The molecule has 1 fully saturated rings. The van der Waals surface area contributed by atoms with Crippen LogP contribution in [-0.2, 0) is 0 Å². The summed E-state index contributed by atoms with van der Waals surface area (Å²) in [4.78, 5) is 17.4. The quantitative estimate of drug-likeness (QED) is 0.522. The van der Waals surface area contributed by atoms with E-state index in [4.69, 9.17) is 11.6 Å². The van der Waals surface area contributed by atoms with Crippen LogP contribution in [0.25, 0.3) is 5.69 Å². The summed E-state index contributed by atoms with van der Waals surface area (Å²) in [6.45, 7) is 8.17. The molecular formula is C25H30ClN5O. The van der Waals surface area contributed by atoms with Crippen LogP contribution in [0, 0.1) is 6.92 Å². The molecule has 168 valence electrons. The third kappa shape index (κ3) is 5.90. The number of anilines is 1. The zero-order chi connectivity index (χ0) is 22.3. The number of hydrogen-bond acceptors (Lipinski definition) is 4. The van der Waals surface area contributed by atoms with Crippen molar-refractivity contribution in [2.24, 2.45) is 0 Å². The Labute approximate surface area is 194 Å². The number of piperazine rings is 1. The molecule has 1 N–H and O–H groups in total. The van der Waals surface area contributed by atoms with Crippen LogP contribution in [0.15, 0.2) is 60.8 Å². The average molecular weight is 452 g/mol. The Hall–Kier alpha value is -2.83. The first kappa shape index (κ1) is 22.4. The molecule has 7 heteroatoms. The maximum Gasteiger partial charge on any atom is 0.271 e. The second kappa shape index (κ2) is 10.7. The lowest BCUT2D eigenvalue weighted by Crippen LogP contribution is -2.46. The van der Waals surface area contributed by atoms with E-state index < -0.39 is 0 Å². The zero-order valence-corrected chi connectivity index (χ0v) is 19.3. The standard InChI is InChI=1S/C25H30ClN5O/c1-20-6-4-8-22(18-20)30-16-14-29(15-17-30)12-3-2-11-27-25(32)24-10-13-31(28-24)23-9-5-7-21(26)19-23/h4-10,13,18-19H,2-3,11-12,14-17H2,1H3,(H,27,32). The number of halogens is 1. The van der Waals surface area contributed by atoms with Crippen molar-refractivity contribution in [3.05, 3.63) is 77.1 Å². The molecule has 2 aromatic carbocycles. The topological polar surface area (TPSA) is 53.4 Å². The van der Waals surface area contributed by atoms with Gasteiger partial charge in [0.05, 0.1) is 5.69 Å². The molecule has 1 aromatic heterocycles. The van der Waals surface area contributed by atoms with Crippen molar-refractivity contribution in [3.63, 3.8) is 0 Å². The fourth-order valence-corrected chi connectivity index (χ4v) is 4.20. The fraction of sp³-hybridized carbons (Fsp3) is 0.360. The molecule has 4 rings (SSSR count). The van der Waals surface area contributed by atoms with Crippen molar-refractivity contribution in [3.8, 4) is 5.69 Å². The Morgan fingerprint density at radius 3 is 2.56 bits per heavy atom. The predicted molar refractivity (Wildman–Crippen MR) is 130 cm³/mol. The summed E-state index contributed by atoms with van der Waals surface area (Å²) in [6.07, 6.45) is 3.80. The van der Waals surface area contributed by atoms with E-state index in [1.807, 2.05) is 24.3 Å². The van der Waals surface area contributed by atoms with Crippen LogP contribution in [0.1, 0.15) is 28.9 Å². The summed E-state index contributed by atoms with van der Waals surface area (Å²) in [5.41, 5.74) is 3.88. The molecular weight excluding hydrogens is 422 g/mol. The molecule has 2 heterocycles. The summed E-state index contributed by atoms with van der Waals surface area (Å²) in [5.74, 6) is -0.141. The van der Waals surface area contributed by atoms with E-state index in [0.717, 1.165) is 51.3 Å². The van der Waals surface area contributed by atoms with Gasteiger partial charge >= 0.3 is 0 Å². The average Bonchev–Trinajstić information content (AvgIpc) is 3.30. The van der Waals surface area contributed by atoms with Crippen LogP contribution in [-0.4, -0.2) is 59.9 Å². The second-order valence-electron chi connectivity index (χ2n) is 8.26. The van der Waals surface area contributed by atoms with Crippen LogP contribution in [0.4, 0.5) is 5.69 Å². The van der Waals surface area contributed by atoms with Crippen molar-refractivity contribution in [2.45, 2.75) is 19.8 Å². The molecule has 1 saturated heterocycles. The Morgan fingerprint density at radius 1 is 1.00 bits per heavy atom. The molecule has 0 bridgehead atoms. The summed E-state index contributed by atoms with van der Waals surface area (Å²) < 4.78 is 1.66. The number of amides is 1. The van der Waals surface area contributed by atoms with Crippen LogP contribution in [0.2, 0.25) is 5.02 Å². The molecule has 0 spiro atoms. The van der Waals surface area contributed by atoms with E-state index in [1.54, 1.807) is 16.9 Å². The Bertz CT molecular complexity index is 1040. The number of nitrogens with one attached hydrogen (secondary N) is 1. The van der Waals surface area contributed by atoms with Gasteiger partial charge in [-0.2, -0.15) is 5.10 Å². The number of nitrogens with zero attached hydrogens (tertiary/aromatic N) is 4. The molecule has 0 aliphatic carbocycles. The van der Waals surface area contributed by atoms with Gasteiger partial charge in [-0.25, -0.2) is 4.68 Å². The van der Waals surface area contributed by atoms with E-state index in [0.29, 0.717) is 17.3 Å². The highest BCUT2D eigenvalue weighted by Gasteiger charge is 2.17. The minimum Gasteiger partial charge on any atom is -0.369 e. The lowest BCUT2D eigenvalue weighted by atomic mass is 10.2. The number of aryl methyl sites for hydroxylation is 1. The maximum absolute atomic E-state index is 12.4. The Kier molecular flexibility index (Phi) is 7.45. The molecule has 6 nitrogen and oxygen atoms in total. The van der Waals surface area contributed by atoms with Gasteiger partial charge in [-0.05, 0) is 68.3 Å². The molecule has 0 atom stereocenters. The van der Waals surface area contributed by atoms with Gasteiger partial charge in [0.1, 0.15) is 0 Å². The van der Waals surface area contributed by atoms with E-state index >= 15 is 0 Å². The first-order valence-electron chi connectivity index (χ1n) is 11.2. The Balaban J connectivity index is 1.14. The van der Waals surface area contributed by atoms with Crippen molar-refractivity contribution in [2.75, 3.05) is 44.2 Å². The molecule has 0 radical (unpaired) electrons. The monoisotopic (exact) mass is 451 g/mol. The number of aromatic nitrogens is 2. The summed E-state index contributed by atoms with van der Waals surface area (Å²) in [7, 11) is 0. The third-order valence-electron chi connectivity index (χ3n) is 5.82. The predicted octanol–water partition coefficient (Wildman–Crippen LogP) is 4.17. The number of rotatable bonds is 8. The van der Waals surface area contributed by atoms with Crippen molar-refractivity contribution >= 4 is 23.2 Å². The van der Waals surface area contributed by atoms with E-state index in [2.05, 4.69) is 51.4 Å². The van der Waals surface area contributed by atoms with Crippen LogP contribution < -0.4 is 10.2 Å². The second-order valence-corrected chi connectivity index (χ2v) is 8.69. The summed E-state index contributed by atoms with van der Waals surface area (Å²) >= 11 is 6.03. The summed E-state index contributed by atoms with van der Waals surface area (Å²) in [5, 5.41) is 7.98. The van der Waals surface area contributed by atoms with Gasteiger partial charge in [-0.3, -0.25) is 9.69 Å². The number of carbonyl (C=O) groups excluding carboxylic acids is 1. The highest BCUT2D eigenvalue weighted by Crippen LogP contribution is 2.18. The van der Waals surface area contributed by atoms with Crippen LogP contribution in [0.5, 0.6) is 0 Å². The number of carbonyl (C=O) groups is 1. The van der Waals surface area contributed by atoms with Crippen molar-refractivity contribution in [1.29, 1.82) is 0 Å². The number of unbranched alkanes of at least 4 members (excludes halogenated alkanes) is 1. The lowest BCUT2D eigenvalue weighted by Gasteiger charge is -2.36. The van der Waals surface area contributed by atoms with E-state index in [1.165, 1.54) is 11.3 Å². The normalized spacial score (nSPS) is 14.5. The smallest absolute Gasteiger partial charge is 0.271 e. The third-order valence-corrected chi connectivity index (χ3v) is 6.06. The van der Waals surface area contributed by atoms with E-state index in [-0.39, 0.29) is 5.91 Å². The molecule has 32 heavy (non-hydrogen) atoms. The first-order valence-corrected chi connectivity index (χ1v) is 11.6. The van der Waals surface area contributed by atoms with Gasteiger partial charge in [-0.1, -0.05) is 29.8 Å². The van der Waals surface area contributed by atoms with Gasteiger partial charge in [-0.15, -0.1) is 0 Å². The lowest BCUT2D eigenvalue weighted by molar-refractivity contribution is 0.0947. The minimum absolute atomic E-state index is 0.141. The van der Waals surface area contributed by atoms with Gasteiger partial charge in [0.15, 0.2) is 5.69 Å². The molecule has 1 aliphatic heterocycles. The minimum atomic E-state index is -0.141. The highest BCUT2D eigenvalue weighted by atomic mass is 35.5. The highest BCUT2D eigenvalue weighted by molar-refractivity contribution is 6.30. The SMILES string of the molecule is Cc1cccc(N2CCN(CCCCNC(=O)c3ccn(-c4cccc(Cl)c4)n3)CC2)c1. The van der Waals surface area contributed by atoms with Gasteiger partial charge in [0.25, 0.3) is 5.91 Å². The molecule has 0 unspecified atom stereocenters. The van der Waals surface area contributed by atoms with E-state index in [9.17, 15) is 4.79 Å². The molecule has 1 amide bonds. The number of hydrogen-bond donors (Lipinski definition) is 1. The van der Waals surface area contributed by atoms with Gasteiger partial charge < -0.3 is 10.2 Å². The molecule has 1 aliphatic rings. The van der Waals surface area contributed by atoms with Gasteiger partial charge in [0, 0.05) is 49.6 Å². The first-order chi connectivity index (χ1) is 15.6. The Morgan fingerprint density at radius 2 is 1.78 bits per heavy atom. The van der Waals surface area contributed by atoms with Gasteiger partial charge in [0.2, 0.25) is 0 Å². The summed E-state index contributed by atoms with van der Waals surface area (Å²) in [6, 6.07) is 17.9. The maximum atomic E-state index is 12.4. The van der Waals surface area contributed by atoms with Crippen LogP contribution >= 0.6 is 11.6 Å². The molecule has 0 saturated carbocycles. The fourth-order valence-electron chi connectivity index (χ4n) is 4.01. The van der Waals surface area contributed by atoms with Crippen LogP contribution in [0.3, 0.4) is 0 Å². The largest absolute Gasteiger partial charge is 0.369 e. The molecule has 3 aromatic rings.